The van der Waals surface area contributed by atoms with Crippen LogP contribution in [0.25, 0.3) is 28.2 Å². The highest BCUT2D eigenvalue weighted by Gasteiger charge is 2.35. The SMILES string of the molecule is FC(F)(F)c1ccc2c(nnn2-c2ncno2)c1-c1ccccc1. The van der Waals surface area contributed by atoms with Crippen molar-refractivity contribution >= 4 is 11.0 Å². The van der Waals surface area contributed by atoms with Crippen molar-refractivity contribution in [3.63, 3.8) is 0 Å². The third-order valence-corrected chi connectivity index (χ3v) is 3.52. The minimum absolute atomic E-state index is 0.0243. The van der Waals surface area contributed by atoms with Crippen molar-refractivity contribution in [2.75, 3.05) is 0 Å². The maximum atomic E-state index is 13.4. The molecule has 120 valence electrons. The van der Waals surface area contributed by atoms with E-state index in [1.165, 1.54) is 17.1 Å². The molecule has 2 aromatic carbocycles. The third-order valence-electron chi connectivity index (χ3n) is 3.52. The number of hydrogen-bond acceptors (Lipinski definition) is 5. The first-order valence-corrected chi connectivity index (χ1v) is 6.84. The maximum absolute atomic E-state index is 13.4. The Morgan fingerprint density at radius 3 is 2.46 bits per heavy atom. The molecule has 0 spiro atoms. The monoisotopic (exact) mass is 331 g/mol. The van der Waals surface area contributed by atoms with Gasteiger partial charge in [-0.25, -0.2) is 0 Å². The fourth-order valence-electron chi connectivity index (χ4n) is 2.53. The molecule has 0 saturated heterocycles. The zero-order chi connectivity index (χ0) is 16.7. The predicted molar refractivity (Wildman–Crippen MR) is 77.2 cm³/mol. The lowest BCUT2D eigenvalue weighted by atomic mass is 9.97. The van der Waals surface area contributed by atoms with E-state index >= 15 is 0 Å². The van der Waals surface area contributed by atoms with Crippen LogP contribution in [0, 0.1) is 0 Å². The van der Waals surface area contributed by atoms with E-state index in [9.17, 15) is 13.2 Å². The van der Waals surface area contributed by atoms with Gasteiger partial charge in [0.05, 0.1) is 5.56 Å². The van der Waals surface area contributed by atoms with Gasteiger partial charge in [-0.2, -0.15) is 22.8 Å². The second kappa shape index (κ2) is 5.15. The van der Waals surface area contributed by atoms with Gasteiger partial charge in [-0.15, -0.1) is 5.10 Å². The fourth-order valence-corrected chi connectivity index (χ4v) is 2.53. The van der Waals surface area contributed by atoms with Gasteiger partial charge in [-0.3, -0.25) is 0 Å². The van der Waals surface area contributed by atoms with Crippen LogP contribution in [-0.2, 0) is 6.18 Å². The minimum atomic E-state index is -4.52. The highest BCUT2D eigenvalue weighted by molar-refractivity contribution is 5.94. The first-order valence-electron chi connectivity index (χ1n) is 6.84. The lowest BCUT2D eigenvalue weighted by molar-refractivity contribution is -0.137. The van der Waals surface area contributed by atoms with Crippen molar-refractivity contribution in [2.45, 2.75) is 6.18 Å². The normalized spacial score (nSPS) is 12.0. The number of rotatable bonds is 2. The van der Waals surface area contributed by atoms with Gasteiger partial charge in [0, 0.05) is 5.56 Å². The van der Waals surface area contributed by atoms with E-state index < -0.39 is 11.7 Å². The number of fused-ring (bicyclic) bond motifs is 1. The summed E-state index contributed by atoms with van der Waals surface area (Å²) in [5.74, 6) is 0. The fraction of sp³-hybridized carbons (Fsp3) is 0.0667. The summed E-state index contributed by atoms with van der Waals surface area (Å²) < 4.78 is 46.4. The van der Waals surface area contributed by atoms with E-state index in [0.29, 0.717) is 11.1 Å². The summed E-state index contributed by atoms with van der Waals surface area (Å²) in [6.07, 6.45) is -3.35. The first kappa shape index (κ1) is 14.4. The molecule has 0 fully saturated rings. The van der Waals surface area contributed by atoms with Crippen molar-refractivity contribution < 1.29 is 17.7 Å². The average molecular weight is 331 g/mol. The summed E-state index contributed by atoms with van der Waals surface area (Å²) in [7, 11) is 0. The standard InChI is InChI=1S/C15H8F3N5O/c16-15(17,18)10-6-7-11-13(12(10)9-4-2-1-3-5-9)21-22-23(11)14-19-8-20-24-14/h1-8H. The number of benzene rings is 2. The van der Waals surface area contributed by atoms with Gasteiger partial charge in [-0.1, -0.05) is 40.7 Å². The van der Waals surface area contributed by atoms with Crippen LogP contribution in [-0.4, -0.2) is 25.1 Å². The topological polar surface area (TPSA) is 69.6 Å². The van der Waals surface area contributed by atoms with Gasteiger partial charge in [0.1, 0.15) is 11.0 Å². The summed E-state index contributed by atoms with van der Waals surface area (Å²) in [6.45, 7) is 0. The maximum Gasteiger partial charge on any atom is 0.417 e. The molecule has 4 rings (SSSR count). The van der Waals surface area contributed by atoms with Crippen molar-refractivity contribution in [3.05, 3.63) is 54.4 Å². The predicted octanol–water partition coefficient (Wildman–Crippen LogP) is 3.49. The third kappa shape index (κ3) is 2.21. The van der Waals surface area contributed by atoms with Gasteiger partial charge < -0.3 is 4.52 Å². The zero-order valence-electron chi connectivity index (χ0n) is 11.9. The largest absolute Gasteiger partial charge is 0.417 e. The van der Waals surface area contributed by atoms with E-state index in [2.05, 4.69) is 20.5 Å². The summed E-state index contributed by atoms with van der Waals surface area (Å²) in [4.78, 5) is 3.84. The zero-order valence-corrected chi connectivity index (χ0v) is 11.9. The highest BCUT2D eigenvalue weighted by atomic mass is 19.4. The molecule has 24 heavy (non-hydrogen) atoms. The van der Waals surface area contributed by atoms with Crippen LogP contribution < -0.4 is 0 Å². The molecule has 0 saturated carbocycles. The lowest BCUT2D eigenvalue weighted by Gasteiger charge is -2.13. The quantitative estimate of drug-likeness (QED) is 0.562. The molecule has 0 unspecified atom stereocenters. The lowest BCUT2D eigenvalue weighted by Crippen LogP contribution is -2.07. The average Bonchev–Trinajstić information content (AvgIpc) is 3.22. The van der Waals surface area contributed by atoms with Crippen LogP contribution in [0.3, 0.4) is 0 Å². The van der Waals surface area contributed by atoms with E-state index in [0.717, 1.165) is 6.07 Å². The van der Waals surface area contributed by atoms with Gasteiger partial charge in [-0.05, 0) is 17.7 Å². The Morgan fingerprint density at radius 1 is 1.00 bits per heavy atom. The molecular weight excluding hydrogens is 323 g/mol. The molecule has 0 aliphatic heterocycles. The second-order valence-corrected chi connectivity index (χ2v) is 4.94. The summed E-state index contributed by atoms with van der Waals surface area (Å²) in [6, 6.07) is 10.6. The van der Waals surface area contributed by atoms with Gasteiger partial charge in [0.25, 0.3) is 0 Å². The number of hydrogen-bond donors (Lipinski definition) is 0. The van der Waals surface area contributed by atoms with Gasteiger partial charge >= 0.3 is 12.2 Å². The molecule has 0 amide bonds. The van der Waals surface area contributed by atoms with E-state index in [-0.39, 0.29) is 17.1 Å². The second-order valence-electron chi connectivity index (χ2n) is 4.94. The molecule has 9 heteroatoms. The van der Waals surface area contributed by atoms with Crippen LogP contribution in [0.15, 0.2) is 53.3 Å². The molecule has 2 heterocycles. The number of halogens is 3. The van der Waals surface area contributed by atoms with Gasteiger partial charge in [0.15, 0.2) is 6.33 Å². The van der Waals surface area contributed by atoms with E-state index in [1.54, 1.807) is 30.3 Å². The molecular formula is C15H8F3N5O. The van der Waals surface area contributed by atoms with Crippen molar-refractivity contribution in [2.24, 2.45) is 0 Å². The summed E-state index contributed by atoms with van der Waals surface area (Å²) in [5.41, 5.74) is 0.0264. The Balaban J connectivity index is 2.06. The highest BCUT2D eigenvalue weighted by Crippen LogP contribution is 2.40. The number of alkyl halides is 3. The molecule has 0 aliphatic rings. The summed E-state index contributed by atoms with van der Waals surface area (Å²) >= 11 is 0. The van der Waals surface area contributed by atoms with Crippen LogP contribution in [0.5, 0.6) is 0 Å². The molecule has 4 aromatic rings. The molecule has 6 nitrogen and oxygen atoms in total. The van der Waals surface area contributed by atoms with Crippen molar-refractivity contribution in [3.8, 4) is 17.1 Å². The first-order chi connectivity index (χ1) is 11.6. The summed E-state index contributed by atoms with van der Waals surface area (Å²) in [5, 5.41) is 11.2. The smallest absolute Gasteiger partial charge is 0.313 e. The Hall–Kier alpha value is -3.23. The Bertz CT molecular complexity index is 993. The number of aromatic nitrogens is 5. The van der Waals surface area contributed by atoms with Crippen molar-refractivity contribution in [1.82, 2.24) is 25.1 Å². The minimum Gasteiger partial charge on any atom is -0.313 e. The molecule has 0 radical (unpaired) electrons. The van der Waals surface area contributed by atoms with E-state index in [1.807, 2.05) is 0 Å². The van der Waals surface area contributed by atoms with Crippen LogP contribution in [0.4, 0.5) is 13.2 Å². The Labute approximate surface area is 132 Å². The van der Waals surface area contributed by atoms with Gasteiger partial charge in [0.2, 0.25) is 0 Å². The molecule has 0 aliphatic carbocycles. The Morgan fingerprint density at radius 2 is 1.79 bits per heavy atom. The van der Waals surface area contributed by atoms with Crippen LogP contribution >= 0.6 is 0 Å². The Kier molecular flexibility index (Phi) is 3.08. The van der Waals surface area contributed by atoms with Crippen molar-refractivity contribution in [1.29, 1.82) is 0 Å². The van der Waals surface area contributed by atoms with E-state index in [4.69, 9.17) is 4.52 Å². The molecule has 0 bridgehead atoms. The van der Waals surface area contributed by atoms with Crippen LogP contribution in [0.1, 0.15) is 5.56 Å². The number of nitrogens with zero attached hydrogens (tertiary/aromatic N) is 5. The molecule has 0 atom stereocenters. The molecule has 2 aromatic heterocycles. The van der Waals surface area contributed by atoms with Crippen LogP contribution in [0.2, 0.25) is 0 Å². The molecule has 0 N–H and O–H groups in total.